The summed E-state index contributed by atoms with van der Waals surface area (Å²) in [7, 11) is 0. The second kappa shape index (κ2) is 7.84. The fourth-order valence-electron chi connectivity index (χ4n) is 2.28. The van der Waals surface area contributed by atoms with E-state index in [1.54, 1.807) is 6.92 Å². The Morgan fingerprint density at radius 1 is 1.24 bits per heavy atom. The van der Waals surface area contributed by atoms with Crippen molar-refractivity contribution in [1.29, 1.82) is 0 Å². The molecule has 2 rings (SSSR count). The lowest BCUT2D eigenvalue weighted by molar-refractivity contribution is -0.119. The highest BCUT2D eigenvalue weighted by atomic mass is 79.9. The number of halogens is 1. The fourth-order valence-corrected chi connectivity index (χ4v) is 3.41. The van der Waals surface area contributed by atoms with Crippen molar-refractivity contribution in [3.8, 4) is 0 Å². The minimum absolute atomic E-state index is 0.215. The first kappa shape index (κ1) is 16.4. The lowest BCUT2D eigenvalue weighted by atomic mass is 10.2. The van der Waals surface area contributed by atoms with Crippen molar-refractivity contribution in [2.24, 2.45) is 0 Å². The molecule has 1 fully saturated rings. The summed E-state index contributed by atoms with van der Waals surface area (Å²) >= 11 is 4.81. The summed E-state index contributed by atoms with van der Waals surface area (Å²) < 4.78 is 1.000. The van der Waals surface area contributed by atoms with Gasteiger partial charge in [0.05, 0.1) is 5.25 Å². The number of benzene rings is 1. The number of rotatable bonds is 4. The zero-order chi connectivity index (χ0) is 15.2. The number of carbonyl (C=O) groups excluding carboxylic acids is 2. The predicted molar refractivity (Wildman–Crippen MR) is 88.4 cm³/mol. The topological polar surface area (TPSA) is 58.2 Å². The molecule has 114 valence electrons. The van der Waals surface area contributed by atoms with Crippen LogP contribution in [0.1, 0.15) is 32.6 Å². The second-order valence-electron chi connectivity index (χ2n) is 5.16. The predicted octanol–water partition coefficient (Wildman–Crippen LogP) is 3.70. The summed E-state index contributed by atoms with van der Waals surface area (Å²) in [5.41, 5.74) is 0. The van der Waals surface area contributed by atoms with Gasteiger partial charge in [0.15, 0.2) is 0 Å². The molecule has 1 aromatic carbocycles. The number of carbonyl (C=O) groups is 2. The van der Waals surface area contributed by atoms with Gasteiger partial charge < -0.3 is 5.32 Å². The Labute approximate surface area is 137 Å². The van der Waals surface area contributed by atoms with Crippen molar-refractivity contribution in [3.63, 3.8) is 0 Å². The molecule has 0 radical (unpaired) electrons. The molecule has 21 heavy (non-hydrogen) atoms. The van der Waals surface area contributed by atoms with Crippen LogP contribution >= 0.6 is 27.7 Å². The first-order valence-corrected chi connectivity index (χ1v) is 8.75. The number of thioether (sulfide) groups is 1. The molecule has 1 unspecified atom stereocenters. The molecular formula is C15H19BrN2O2S. The van der Waals surface area contributed by atoms with Crippen molar-refractivity contribution in [3.05, 3.63) is 28.7 Å². The van der Waals surface area contributed by atoms with E-state index in [0.717, 1.165) is 35.1 Å². The van der Waals surface area contributed by atoms with Gasteiger partial charge in [-0.15, -0.1) is 11.8 Å². The Bertz CT molecular complexity index is 501. The number of hydrogen-bond donors (Lipinski definition) is 2. The molecule has 3 amide bonds. The molecule has 0 saturated heterocycles. The van der Waals surface area contributed by atoms with Crippen LogP contribution in [0.2, 0.25) is 0 Å². The summed E-state index contributed by atoms with van der Waals surface area (Å²) in [4.78, 5) is 24.7. The van der Waals surface area contributed by atoms with Crippen molar-refractivity contribution < 1.29 is 9.59 Å². The molecule has 4 nitrogen and oxygen atoms in total. The van der Waals surface area contributed by atoms with Crippen LogP contribution in [0.4, 0.5) is 4.79 Å². The van der Waals surface area contributed by atoms with E-state index in [2.05, 4.69) is 26.6 Å². The molecule has 0 aliphatic heterocycles. The number of amides is 3. The molecule has 0 heterocycles. The van der Waals surface area contributed by atoms with Crippen molar-refractivity contribution in [1.82, 2.24) is 10.6 Å². The fraction of sp³-hybridized carbons (Fsp3) is 0.467. The molecule has 1 aliphatic rings. The molecule has 1 saturated carbocycles. The van der Waals surface area contributed by atoms with E-state index >= 15 is 0 Å². The van der Waals surface area contributed by atoms with Crippen LogP contribution < -0.4 is 10.6 Å². The third kappa shape index (κ3) is 5.36. The highest BCUT2D eigenvalue weighted by Gasteiger charge is 2.20. The zero-order valence-corrected chi connectivity index (χ0v) is 14.3. The lowest BCUT2D eigenvalue weighted by Crippen LogP contribution is -2.45. The minimum Gasteiger partial charge on any atom is -0.335 e. The molecule has 1 atom stereocenters. The van der Waals surface area contributed by atoms with E-state index < -0.39 is 0 Å². The first-order valence-electron chi connectivity index (χ1n) is 7.08. The zero-order valence-electron chi connectivity index (χ0n) is 11.9. The summed E-state index contributed by atoms with van der Waals surface area (Å²) in [6.45, 7) is 1.80. The molecule has 0 bridgehead atoms. The van der Waals surface area contributed by atoms with Crippen LogP contribution in [0, 0.1) is 0 Å². The van der Waals surface area contributed by atoms with Gasteiger partial charge >= 0.3 is 6.03 Å². The summed E-state index contributed by atoms with van der Waals surface area (Å²) in [5.74, 6) is -0.265. The maximum atomic E-state index is 12.0. The first-order chi connectivity index (χ1) is 10.0. The minimum atomic E-state index is -0.379. The second-order valence-corrected chi connectivity index (χ2v) is 7.49. The average molecular weight is 371 g/mol. The molecular weight excluding hydrogens is 352 g/mol. The Morgan fingerprint density at radius 3 is 2.48 bits per heavy atom. The highest BCUT2D eigenvalue weighted by Crippen LogP contribution is 2.25. The number of hydrogen-bond acceptors (Lipinski definition) is 3. The van der Waals surface area contributed by atoms with E-state index in [0.29, 0.717) is 0 Å². The van der Waals surface area contributed by atoms with Crippen LogP contribution in [0.25, 0.3) is 0 Å². The van der Waals surface area contributed by atoms with E-state index in [4.69, 9.17) is 0 Å². The van der Waals surface area contributed by atoms with Crippen LogP contribution in [-0.4, -0.2) is 23.2 Å². The highest BCUT2D eigenvalue weighted by molar-refractivity contribution is 9.10. The SMILES string of the molecule is CC(Sc1ccc(Br)cc1)C(=O)NC(=O)NC1CCCC1. The normalized spacial score (nSPS) is 16.5. The molecule has 0 spiro atoms. The van der Waals surface area contributed by atoms with Gasteiger partial charge in [-0.25, -0.2) is 4.79 Å². The van der Waals surface area contributed by atoms with E-state index in [1.807, 2.05) is 24.3 Å². The van der Waals surface area contributed by atoms with Gasteiger partial charge in [0, 0.05) is 15.4 Å². The molecule has 1 aliphatic carbocycles. The third-order valence-corrected chi connectivity index (χ3v) is 5.06. The smallest absolute Gasteiger partial charge is 0.321 e. The summed E-state index contributed by atoms with van der Waals surface area (Å²) in [6.07, 6.45) is 4.30. The Morgan fingerprint density at radius 2 is 1.86 bits per heavy atom. The molecule has 0 aromatic heterocycles. The van der Waals surface area contributed by atoms with E-state index in [1.165, 1.54) is 11.8 Å². The number of urea groups is 1. The number of imide groups is 1. The van der Waals surface area contributed by atoms with Gasteiger partial charge in [-0.1, -0.05) is 28.8 Å². The molecule has 2 N–H and O–H groups in total. The third-order valence-electron chi connectivity index (χ3n) is 3.42. The van der Waals surface area contributed by atoms with Gasteiger partial charge in [0.2, 0.25) is 5.91 Å². The van der Waals surface area contributed by atoms with Crippen molar-refractivity contribution in [2.45, 2.75) is 48.8 Å². The van der Waals surface area contributed by atoms with E-state index in [9.17, 15) is 9.59 Å². The van der Waals surface area contributed by atoms with Crippen LogP contribution in [0.3, 0.4) is 0 Å². The lowest BCUT2D eigenvalue weighted by Gasteiger charge is -2.14. The Kier molecular flexibility index (Phi) is 6.11. The Hall–Kier alpha value is -1.01. The molecule has 1 aromatic rings. The van der Waals surface area contributed by atoms with Gasteiger partial charge in [0.1, 0.15) is 0 Å². The maximum Gasteiger partial charge on any atom is 0.321 e. The monoisotopic (exact) mass is 370 g/mol. The van der Waals surface area contributed by atoms with Gasteiger partial charge in [-0.3, -0.25) is 10.1 Å². The average Bonchev–Trinajstić information content (AvgIpc) is 2.94. The number of nitrogens with one attached hydrogen (secondary N) is 2. The largest absolute Gasteiger partial charge is 0.335 e. The summed E-state index contributed by atoms with van der Waals surface area (Å²) in [5, 5.41) is 4.95. The van der Waals surface area contributed by atoms with Crippen molar-refractivity contribution >= 4 is 39.6 Å². The summed E-state index contributed by atoms with van der Waals surface area (Å²) in [6, 6.07) is 7.58. The van der Waals surface area contributed by atoms with Crippen molar-refractivity contribution in [2.75, 3.05) is 0 Å². The van der Waals surface area contributed by atoms with E-state index in [-0.39, 0.29) is 23.2 Å². The molecule has 6 heteroatoms. The quantitative estimate of drug-likeness (QED) is 0.794. The van der Waals surface area contributed by atoms with Crippen LogP contribution in [0.15, 0.2) is 33.6 Å². The Balaban J connectivity index is 1.78. The van der Waals surface area contributed by atoms with Gasteiger partial charge in [0.25, 0.3) is 0 Å². The van der Waals surface area contributed by atoms with Crippen LogP contribution in [0.5, 0.6) is 0 Å². The standard InChI is InChI=1S/C15H19BrN2O2S/c1-10(21-13-8-6-11(16)7-9-13)14(19)18-15(20)17-12-4-2-3-5-12/h6-10,12H,2-5H2,1H3,(H2,17,18,19,20). The van der Waals surface area contributed by atoms with Crippen LogP contribution in [-0.2, 0) is 4.79 Å². The van der Waals surface area contributed by atoms with Gasteiger partial charge in [-0.05, 0) is 44.0 Å². The van der Waals surface area contributed by atoms with Gasteiger partial charge in [-0.2, -0.15) is 0 Å². The maximum absolute atomic E-state index is 12.0.